The Morgan fingerprint density at radius 2 is 1.72 bits per heavy atom. The van der Waals surface area contributed by atoms with Crippen molar-refractivity contribution < 1.29 is 18.7 Å². The van der Waals surface area contributed by atoms with Crippen molar-refractivity contribution in [2.45, 2.75) is 6.92 Å². The molecule has 2 N–H and O–H groups in total. The van der Waals surface area contributed by atoms with Crippen LogP contribution in [0.3, 0.4) is 0 Å². The van der Waals surface area contributed by atoms with E-state index in [1.54, 1.807) is 18.2 Å². The van der Waals surface area contributed by atoms with Crippen molar-refractivity contribution in [2.75, 3.05) is 17.7 Å². The lowest BCUT2D eigenvalue weighted by Gasteiger charge is -2.13. The molecule has 148 valence electrons. The minimum atomic E-state index is -0.610. The maximum atomic E-state index is 13.1. The highest BCUT2D eigenvalue weighted by Gasteiger charge is 2.14. The van der Waals surface area contributed by atoms with Crippen LogP contribution in [0.1, 0.15) is 17.4 Å². The second kappa shape index (κ2) is 8.34. The van der Waals surface area contributed by atoms with Crippen molar-refractivity contribution in [3.63, 3.8) is 0 Å². The predicted molar refractivity (Wildman–Crippen MR) is 105 cm³/mol. The standard InChI is InChI=1S/C20H17FN4O4/c1-12(26)22-16-8-7-15(29-2)11-18(16)23-20(28)17-9-10-19(27)25(24-17)14-5-3-13(21)4-6-14/h3-11H,1-2H3,(H,22,26)(H,23,28). The van der Waals surface area contributed by atoms with Crippen LogP contribution in [0.25, 0.3) is 5.69 Å². The monoisotopic (exact) mass is 396 g/mol. The van der Waals surface area contributed by atoms with Gasteiger partial charge in [0.1, 0.15) is 17.3 Å². The van der Waals surface area contributed by atoms with Gasteiger partial charge >= 0.3 is 0 Å². The van der Waals surface area contributed by atoms with E-state index in [1.807, 2.05) is 0 Å². The van der Waals surface area contributed by atoms with E-state index in [0.29, 0.717) is 22.8 Å². The second-order valence-electron chi connectivity index (χ2n) is 5.99. The first-order chi connectivity index (χ1) is 13.9. The number of carbonyl (C=O) groups excluding carboxylic acids is 2. The number of nitrogens with zero attached hydrogens (tertiary/aromatic N) is 2. The van der Waals surface area contributed by atoms with Crippen LogP contribution in [0.5, 0.6) is 5.75 Å². The smallest absolute Gasteiger partial charge is 0.276 e. The van der Waals surface area contributed by atoms with Gasteiger partial charge in [0, 0.05) is 19.1 Å². The number of aromatic nitrogens is 2. The molecule has 2 aromatic carbocycles. The van der Waals surface area contributed by atoms with E-state index in [0.717, 1.165) is 4.68 Å². The summed E-state index contributed by atoms with van der Waals surface area (Å²) in [5.74, 6) is -0.910. The lowest BCUT2D eigenvalue weighted by molar-refractivity contribution is -0.114. The molecule has 29 heavy (non-hydrogen) atoms. The van der Waals surface area contributed by atoms with Gasteiger partial charge in [-0.05, 0) is 42.5 Å². The molecule has 3 rings (SSSR count). The highest BCUT2D eigenvalue weighted by Crippen LogP contribution is 2.27. The molecule has 0 spiro atoms. The van der Waals surface area contributed by atoms with E-state index in [-0.39, 0.29) is 11.6 Å². The van der Waals surface area contributed by atoms with Crippen molar-refractivity contribution in [1.29, 1.82) is 0 Å². The molecule has 0 aliphatic rings. The summed E-state index contributed by atoms with van der Waals surface area (Å²) in [5.41, 5.74) is 0.453. The number of hydrogen-bond donors (Lipinski definition) is 2. The molecular formula is C20H17FN4O4. The molecule has 8 nitrogen and oxygen atoms in total. The van der Waals surface area contributed by atoms with Gasteiger partial charge in [0.15, 0.2) is 0 Å². The fourth-order valence-corrected chi connectivity index (χ4v) is 2.54. The highest BCUT2D eigenvalue weighted by atomic mass is 19.1. The molecule has 0 unspecified atom stereocenters. The Bertz CT molecular complexity index is 1130. The summed E-state index contributed by atoms with van der Waals surface area (Å²) in [4.78, 5) is 36.2. The van der Waals surface area contributed by atoms with Gasteiger partial charge in [0.2, 0.25) is 5.91 Å². The molecule has 2 amide bonds. The molecule has 1 heterocycles. The predicted octanol–water partition coefficient (Wildman–Crippen LogP) is 2.59. The summed E-state index contributed by atoms with van der Waals surface area (Å²) >= 11 is 0. The van der Waals surface area contributed by atoms with Crippen molar-refractivity contribution in [3.05, 3.63) is 76.5 Å². The van der Waals surface area contributed by atoms with Gasteiger partial charge in [-0.2, -0.15) is 9.78 Å². The average molecular weight is 396 g/mol. The van der Waals surface area contributed by atoms with Crippen LogP contribution >= 0.6 is 0 Å². The number of halogens is 1. The first kappa shape index (κ1) is 19.7. The number of amides is 2. The van der Waals surface area contributed by atoms with Gasteiger partial charge in [-0.1, -0.05) is 0 Å². The number of methoxy groups -OCH3 is 1. The molecule has 0 saturated heterocycles. The molecule has 3 aromatic rings. The zero-order valence-corrected chi connectivity index (χ0v) is 15.6. The first-order valence-electron chi connectivity index (χ1n) is 8.50. The van der Waals surface area contributed by atoms with E-state index in [2.05, 4.69) is 15.7 Å². The lowest BCUT2D eigenvalue weighted by atomic mass is 10.2. The van der Waals surface area contributed by atoms with E-state index >= 15 is 0 Å². The summed E-state index contributed by atoms with van der Waals surface area (Å²) in [7, 11) is 1.47. The minimum absolute atomic E-state index is 0.0504. The van der Waals surface area contributed by atoms with Crippen LogP contribution in [-0.4, -0.2) is 28.7 Å². The van der Waals surface area contributed by atoms with Crippen LogP contribution in [0.15, 0.2) is 59.4 Å². The van der Waals surface area contributed by atoms with Crippen molar-refractivity contribution in [3.8, 4) is 11.4 Å². The number of carbonyl (C=O) groups is 2. The molecule has 0 fully saturated rings. The van der Waals surface area contributed by atoms with Gasteiger partial charge in [-0.15, -0.1) is 0 Å². The third-order valence-corrected chi connectivity index (χ3v) is 3.89. The quantitative estimate of drug-likeness (QED) is 0.690. The third kappa shape index (κ3) is 4.64. The molecule has 0 aliphatic carbocycles. The molecule has 9 heteroatoms. The second-order valence-corrected chi connectivity index (χ2v) is 5.99. The molecular weight excluding hydrogens is 379 g/mol. The molecule has 0 atom stereocenters. The van der Waals surface area contributed by atoms with Gasteiger partial charge in [-0.25, -0.2) is 4.39 Å². The van der Waals surface area contributed by atoms with Crippen LogP contribution in [0.4, 0.5) is 15.8 Å². The highest BCUT2D eigenvalue weighted by molar-refractivity contribution is 6.06. The lowest BCUT2D eigenvalue weighted by Crippen LogP contribution is -2.25. The molecule has 0 saturated carbocycles. The van der Waals surface area contributed by atoms with E-state index in [1.165, 1.54) is 50.4 Å². The number of hydrogen-bond acceptors (Lipinski definition) is 5. The molecule has 1 aromatic heterocycles. The number of anilines is 2. The Kier molecular flexibility index (Phi) is 5.68. The Balaban J connectivity index is 1.94. The van der Waals surface area contributed by atoms with Crippen LogP contribution in [0, 0.1) is 5.82 Å². The largest absolute Gasteiger partial charge is 0.497 e. The van der Waals surface area contributed by atoms with E-state index < -0.39 is 17.3 Å². The maximum Gasteiger partial charge on any atom is 0.276 e. The Labute approximate surface area is 164 Å². The van der Waals surface area contributed by atoms with Crippen molar-refractivity contribution >= 4 is 23.2 Å². The molecule has 0 bridgehead atoms. The van der Waals surface area contributed by atoms with Crippen LogP contribution < -0.4 is 20.9 Å². The van der Waals surface area contributed by atoms with Gasteiger partial charge in [-0.3, -0.25) is 14.4 Å². The van der Waals surface area contributed by atoms with Crippen molar-refractivity contribution in [1.82, 2.24) is 9.78 Å². The number of ether oxygens (including phenoxy) is 1. The van der Waals surface area contributed by atoms with Gasteiger partial charge in [0.25, 0.3) is 11.5 Å². The minimum Gasteiger partial charge on any atom is -0.497 e. The van der Waals surface area contributed by atoms with Crippen molar-refractivity contribution in [2.24, 2.45) is 0 Å². The number of nitrogens with one attached hydrogen (secondary N) is 2. The fraction of sp³-hybridized carbons (Fsp3) is 0.100. The SMILES string of the molecule is COc1ccc(NC(C)=O)c(NC(=O)c2ccc(=O)n(-c3ccc(F)cc3)n2)c1. The summed E-state index contributed by atoms with van der Waals surface area (Å²) < 4.78 is 19.3. The van der Waals surface area contributed by atoms with Gasteiger partial charge in [0.05, 0.1) is 24.2 Å². The number of rotatable bonds is 5. The normalized spacial score (nSPS) is 10.3. The van der Waals surface area contributed by atoms with E-state index in [9.17, 15) is 18.8 Å². The Morgan fingerprint density at radius 1 is 1.00 bits per heavy atom. The Hall–Kier alpha value is -4.01. The number of benzene rings is 2. The van der Waals surface area contributed by atoms with Crippen LogP contribution in [-0.2, 0) is 4.79 Å². The zero-order valence-electron chi connectivity index (χ0n) is 15.6. The third-order valence-electron chi connectivity index (χ3n) is 3.89. The maximum absolute atomic E-state index is 13.1. The topological polar surface area (TPSA) is 102 Å². The molecule has 0 radical (unpaired) electrons. The zero-order chi connectivity index (χ0) is 21.0. The Morgan fingerprint density at radius 3 is 2.38 bits per heavy atom. The summed E-state index contributed by atoms with van der Waals surface area (Å²) in [6, 6.07) is 12.3. The summed E-state index contributed by atoms with van der Waals surface area (Å²) in [6.07, 6.45) is 0. The summed E-state index contributed by atoms with van der Waals surface area (Å²) in [6.45, 7) is 1.34. The molecule has 0 aliphatic heterocycles. The first-order valence-corrected chi connectivity index (χ1v) is 8.50. The fourth-order valence-electron chi connectivity index (χ4n) is 2.54. The van der Waals surface area contributed by atoms with Gasteiger partial charge < -0.3 is 15.4 Å². The van der Waals surface area contributed by atoms with Crippen LogP contribution in [0.2, 0.25) is 0 Å². The average Bonchev–Trinajstić information content (AvgIpc) is 2.70. The summed E-state index contributed by atoms with van der Waals surface area (Å²) in [5, 5.41) is 9.31. The van der Waals surface area contributed by atoms with E-state index in [4.69, 9.17) is 4.74 Å².